The molecule has 0 aliphatic heterocycles. The van der Waals surface area contributed by atoms with Crippen molar-refractivity contribution in [2.24, 2.45) is 0 Å². The van der Waals surface area contributed by atoms with E-state index in [1.165, 1.54) is 0 Å². The Morgan fingerprint density at radius 3 is 0.897 bits per heavy atom. The molecule has 0 amide bonds. The van der Waals surface area contributed by atoms with Crippen LogP contribution in [0.15, 0.2) is 0 Å². The second-order valence-corrected chi connectivity index (χ2v) is 6.87. The Bertz CT molecular complexity index is 738. The number of halogens is 17. The second-order valence-electron chi connectivity index (χ2n) is 4.94. The van der Waals surface area contributed by atoms with Gasteiger partial charge in [-0.3, -0.25) is 4.55 Å². The molecule has 0 radical (unpaired) electrons. The first kappa shape index (κ1) is 28.1. The van der Waals surface area contributed by atoms with Crippen LogP contribution in [0.2, 0.25) is 0 Å². The van der Waals surface area contributed by atoms with Crippen LogP contribution in [-0.4, -0.2) is 59.1 Å². The van der Waals surface area contributed by atoms with Gasteiger partial charge in [0, 0.05) is 0 Å². The summed E-state index contributed by atoms with van der Waals surface area (Å²) in [7, 11) is -7.85. The minimum Gasteiger partial charge on any atom is -0.281 e. The molecular formula is C8HClF16O3S. The maximum Gasteiger partial charge on any atom is 0.438 e. The van der Waals surface area contributed by atoms with E-state index in [0.29, 0.717) is 0 Å². The Hall–Kier alpha value is -0.920. The Labute approximate surface area is 152 Å². The van der Waals surface area contributed by atoms with E-state index < -0.39 is 56.3 Å². The summed E-state index contributed by atoms with van der Waals surface area (Å²) in [6, 6.07) is 0. The van der Waals surface area contributed by atoms with E-state index in [-0.39, 0.29) is 0 Å². The van der Waals surface area contributed by atoms with Gasteiger partial charge in [-0.25, -0.2) is 0 Å². The first-order valence-corrected chi connectivity index (χ1v) is 7.50. The van der Waals surface area contributed by atoms with Crippen LogP contribution in [0.4, 0.5) is 70.2 Å². The van der Waals surface area contributed by atoms with E-state index in [1.807, 2.05) is 0 Å². The molecule has 0 aromatic carbocycles. The Morgan fingerprint density at radius 1 is 0.483 bits per heavy atom. The number of rotatable bonds is 8. The zero-order valence-electron chi connectivity index (χ0n) is 12.1. The van der Waals surface area contributed by atoms with Crippen molar-refractivity contribution >= 4 is 21.7 Å². The van der Waals surface area contributed by atoms with Gasteiger partial charge in [0.05, 0.1) is 0 Å². The van der Waals surface area contributed by atoms with Crippen molar-refractivity contribution in [1.82, 2.24) is 0 Å². The van der Waals surface area contributed by atoms with Gasteiger partial charge < -0.3 is 0 Å². The fourth-order valence-corrected chi connectivity index (χ4v) is 1.88. The van der Waals surface area contributed by atoms with E-state index in [1.54, 1.807) is 0 Å². The number of hydrogen-bond donors (Lipinski definition) is 1. The predicted molar refractivity (Wildman–Crippen MR) is 57.0 cm³/mol. The quantitative estimate of drug-likeness (QED) is 0.277. The lowest BCUT2D eigenvalue weighted by atomic mass is 9.91. The summed E-state index contributed by atoms with van der Waals surface area (Å²) in [4.78, 5) is 0. The van der Waals surface area contributed by atoms with Crippen molar-refractivity contribution in [3.8, 4) is 0 Å². The van der Waals surface area contributed by atoms with Crippen LogP contribution in [0.1, 0.15) is 0 Å². The fourth-order valence-electron chi connectivity index (χ4n) is 1.31. The molecule has 0 heterocycles. The van der Waals surface area contributed by atoms with Crippen LogP contribution in [0.5, 0.6) is 0 Å². The van der Waals surface area contributed by atoms with Crippen LogP contribution >= 0.6 is 11.6 Å². The Kier molecular flexibility index (Phi) is 6.33. The highest BCUT2D eigenvalue weighted by molar-refractivity contribution is 7.87. The normalized spacial score (nSPS) is 16.9. The number of alkyl halides is 17. The molecule has 0 fully saturated rings. The molecule has 0 aliphatic rings. The summed E-state index contributed by atoms with van der Waals surface area (Å²) < 4.78 is 233. The molecule has 0 unspecified atom stereocenters. The highest BCUT2D eigenvalue weighted by Crippen LogP contribution is 2.64. The summed E-state index contributed by atoms with van der Waals surface area (Å²) in [6.07, 6.45) is 0. The van der Waals surface area contributed by atoms with E-state index in [9.17, 15) is 78.7 Å². The molecule has 176 valence electrons. The average Bonchev–Trinajstić information content (AvgIpc) is 2.43. The Balaban J connectivity index is 6.90. The zero-order valence-corrected chi connectivity index (χ0v) is 13.7. The lowest BCUT2D eigenvalue weighted by Gasteiger charge is -2.42. The summed E-state index contributed by atoms with van der Waals surface area (Å²) in [6.45, 7) is 0. The van der Waals surface area contributed by atoms with E-state index in [0.717, 1.165) is 0 Å². The molecule has 0 aromatic heterocycles. The van der Waals surface area contributed by atoms with Gasteiger partial charge in [0.15, 0.2) is 0 Å². The van der Waals surface area contributed by atoms with Gasteiger partial charge in [-0.05, 0) is 11.6 Å². The first-order chi connectivity index (χ1) is 12.0. The van der Waals surface area contributed by atoms with Gasteiger partial charge in [-0.15, -0.1) is 0 Å². The summed E-state index contributed by atoms with van der Waals surface area (Å²) in [5.74, 6) is -50.9. The van der Waals surface area contributed by atoms with Crippen molar-refractivity contribution in [2.75, 3.05) is 0 Å². The van der Waals surface area contributed by atoms with Crippen LogP contribution in [0.3, 0.4) is 0 Å². The molecule has 0 rings (SSSR count). The SMILES string of the molecule is O=S(=O)(O)C(F)(F)C(F)(F)C(F)(F)C(F)(F)C(F)(F)C(F)(F)C(F)(F)C(F)(F)Cl. The third-order valence-corrected chi connectivity index (χ3v) is 4.16. The van der Waals surface area contributed by atoms with Gasteiger partial charge in [0.25, 0.3) is 0 Å². The molecule has 0 bridgehead atoms. The van der Waals surface area contributed by atoms with Crippen LogP contribution < -0.4 is 0 Å². The molecule has 0 aliphatic carbocycles. The van der Waals surface area contributed by atoms with E-state index in [4.69, 9.17) is 4.55 Å². The third kappa shape index (κ3) is 3.37. The minimum atomic E-state index is -8.79. The smallest absolute Gasteiger partial charge is 0.281 e. The molecule has 29 heavy (non-hydrogen) atoms. The lowest BCUT2D eigenvalue weighted by molar-refractivity contribution is -0.444. The lowest BCUT2D eigenvalue weighted by Crippen LogP contribution is -2.74. The van der Waals surface area contributed by atoms with Crippen molar-refractivity contribution in [2.45, 2.75) is 46.2 Å². The fraction of sp³-hybridized carbons (Fsp3) is 1.00. The molecule has 0 atom stereocenters. The van der Waals surface area contributed by atoms with Crippen LogP contribution in [-0.2, 0) is 10.1 Å². The van der Waals surface area contributed by atoms with Crippen molar-refractivity contribution in [3.63, 3.8) is 0 Å². The summed E-state index contributed by atoms with van der Waals surface area (Å²) in [5, 5.41) is -14.7. The van der Waals surface area contributed by atoms with E-state index >= 15 is 0 Å². The third-order valence-electron chi connectivity index (χ3n) is 3.02. The topological polar surface area (TPSA) is 54.4 Å². The number of hydrogen-bond acceptors (Lipinski definition) is 2. The van der Waals surface area contributed by atoms with Crippen LogP contribution in [0.25, 0.3) is 0 Å². The molecule has 0 saturated heterocycles. The molecular weight excluding hydrogens is 516 g/mol. The standard InChI is InChI=1S/C8HClF16O3S/c9-7(22,23)5(18,19)3(14,15)1(10,11)2(12,13)4(16,17)6(20,21)8(24,25)29(26,27)28/h(H,26,27,28). The minimum absolute atomic E-state index is 3.29. The van der Waals surface area contributed by atoms with Crippen LogP contribution in [0, 0.1) is 0 Å². The molecule has 3 nitrogen and oxygen atoms in total. The first-order valence-electron chi connectivity index (χ1n) is 5.68. The molecule has 21 heteroatoms. The highest BCUT2D eigenvalue weighted by Gasteiger charge is 2.95. The zero-order chi connectivity index (χ0) is 24.5. The summed E-state index contributed by atoms with van der Waals surface area (Å²) >= 11 is 3.29. The summed E-state index contributed by atoms with van der Waals surface area (Å²) in [5.41, 5.74) is 0. The van der Waals surface area contributed by atoms with Crippen molar-refractivity contribution < 1.29 is 83.2 Å². The van der Waals surface area contributed by atoms with Gasteiger partial charge in [-0.2, -0.15) is 78.7 Å². The maximum atomic E-state index is 13.1. The second kappa shape index (κ2) is 6.54. The monoisotopic (exact) mass is 516 g/mol. The van der Waals surface area contributed by atoms with Gasteiger partial charge in [-0.1, -0.05) is 0 Å². The van der Waals surface area contributed by atoms with Gasteiger partial charge in [0.2, 0.25) is 0 Å². The average molecular weight is 517 g/mol. The molecule has 0 spiro atoms. The Morgan fingerprint density at radius 2 is 0.690 bits per heavy atom. The molecule has 1 N–H and O–H groups in total. The van der Waals surface area contributed by atoms with Crippen molar-refractivity contribution in [3.05, 3.63) is 0 Å². The van der Waals surface area contributed by atoms with E-state index in [2.05, 4.69) is 11.6 Å². The largest absolute Gasteiger partial charge is 0.438 e. The maximum absolute atomic E-state index is 13.1. The highest BCUT2D eigenvalue weighted by atomic mass is 35.5. The molecule has 0 saturated carbocycles. The molecule has 0 aromatic rings. The van der Waals surface area contributed by atoms with Gasteiger partial charge >= 0.3 is 56.3 Å². The van der Waals surface area contributed by atoms with Gasteiger partial charge in [0.1, 0.15) is 0 Å². The van der Waals surface area contributed by atoms with Crippen molar-refractivity contribution in [1.29, 1.82) is 0 Å². The predicted octanol–water partition coefficient (Wildman–Crippen LogP) is 5.11.